The van der Waals surface area contributed by atoms with Crippen LogP contribution in [0.15, 0.2) is 4.52 Å². The van der Waals surface area contributed by atoms with Crippen molar-refractivity contribution in [1.82, 2.24) is 19.9 Å². The number of hydrogen-bond acceptors (Lipinski definition) is 5. The van der Waals surface area contributed by atoms with Crippen LogP contribution in [0.4, 0.5) is 0 Å². The maximum Gasteiger partial charge on any atom is 0.226 e. The van der Waals surface area contributed by atoms with Gasteiger partial charge in [0.05, 0.1) is 5.41 Å². The van der Waals surface area contributed by atoms with Crippen molar-refractivity contribution < 1.29 is 4.52 Å². The highest BCUT2D eigenvalue weighted by Crippen LogP contribution is 2.50. The number of hydrogen-bond donors (Lipinski definition) is 0. The predicted octanol–water partition coefficient (Wildman–Crippen LogP) is 3.50. The quantitative estimate of drug-likeness (QED) is 0.777. The van der Waals surface area contributed by atoms with Crippen LogP contribution in [0.5, 0.6) is 0 Å². The number of rotatable bonds is 6. The molecule has 146 valence electrons. The smallest absolute Gasteiger partial charge is 0.226 e. The summed E-state index contributed by atoms with van der Waals surface area (Å²) in [6.45, 7) is 12.9. The van der Waals surface area contributed by atoms with Gasteiger partial charge in [0.2, 0.25) is 5.89 Å². The number of likely N-dealkylation sites (tertiary alicyclic amines) is 2. The van der Waals surface area contributed by atoms with Crippen LogP contribution in [0.2, 0.25) is 0 Å². The molecule has 26 heavy (non-hydrogen) atoms. The Morgan fingerprint density at radius 3 is 2.77 bits per heavy atom. The minimum absolute atomic E-state index is 0.166. The summed E-state index contributed by atoms with van der Waals surface area (Å²) in [5.41, 5.74) is 0.166. The largest absolute Gasteiger partial charge is 0.339 e. The van der Waals surface area contributed by atoms with Gasteiger partial charge in [0, 0.05) is 25.6 Å². The number of aromatic nitrogens is 2. The number of nitrogens with zero attached hydrogens (tertiary/aromatic N) is 4. The summed E-state index contributed by atoms with van der Waals surface area (Å²) in [5, 5.41) is 4.48. The lowest BCUT2D eigenvalue weighted by Crippen LogP contribution is -2.45. The molecule has 0 radical (unpaired) electrons. The fraction of sp³-hybridized carbons (Fsp3) is 0.905. The number of piperidine rings is 1. The highest BCUT2D eigenvalue weighted by Gasteiger charge is 2.54. The van der Waals surface area contributed by atoms with Crippen LogP contribution in [-0.2, 0) is 11.8 Å². The molecule has 3 aliphatic rings. The van der Waals surface area contributed by atoms with Crippen LogP contribution < -0.4 is 0 Å². The van der Waals surface area contributed by atoms with Gasteiger partial charge in [0.25, 0.3) is 0 Å². The monoisotopic (exact) mass is 360 g/mol. The van der Waals surface area contributed by atoms with E-state index in [0.717, 1.165) is 36.6 Å². The van der Waals surface area contributed by atoms with E-state index in [2.05, 4.69) is 35.7 Å². The van der Waals surface area contributed by atoms with Crippen molar-refractivity contribution in [3.8, 4) is 0 Å². The molecule has 0 bridgehead atoms. The minimum atomic E-state index is 0.166. The molecule has 3 fully saturated rings. The third kappa shape index (κ3) is 3.45. The average Bonchev–Trinajstić information content (AvgIpc) is 3.29. The van der Waals surface area contributed by atoms with E-state index >= 15 is 0 Å². The van der Waals surface area contributed by atoms with Gasteiger partial charge in [-0.2, -0.15) is 4.98 Å². The molecule has 1 aromatic heterocycles. The normalized spacial score (nSPS) is 31.2. The number of fused-ring (bicyclic) bond motifs is 1. The molecule has 4 rings (SSSR count). The van der Waals surface area contributed by atoms with Crippen molar-refractivity contribution in [3.05, 3.63) is 11.7 Å². The molecule has 0 amide bonds. The van der Waals surface area contributed by atoms with E-state index in [1.54, 1.807) is 0 Å². The first-order valence-corrected chi connectivity index (χ1v) is 10.9. The van der Waals surface area contributed by atoms with Gasteiger partial charge >= 0.3 is 0 Å². The zero-order valence-electron chi connectivity index (χ0n) is 16.9. The molecule has 2 aliphatic heterocycles. The first-order chi connectivity index (χ1) is 12.6. The van der Waals surface area contributed by atoms with Crippen LogP contribution in [-0.4, -0.2) is 58.7 Å². The molecular formula is C21H36N4O. The standard InChI is InChI=1S/C21H36N4O/c1-4-10-24-11-7-18(8-12-24)25-14-17-6-5-9-21(17,15-25)20-22-19(26-23-20)13-16(2)3/h16-18H,4-15H2,1-3H3/t17-,21-/m1/s1. The van der Waals surface area contributed by atoms with Gasteiger partial charge < -0.3 is 9.42 Å². The Morgan fingerprint density at radius 1 is 1.23 bits per heavy atom. The Labute approximate surface area is 158 Å². The van der Waals surface area contributed by atoms with Crippen molar-refractivity contribution >= 4 is 0 Å². The van der Waals surface area contributed by atoms with E-state index in [4.69, 9.17) is 9.51 Å². The zero-order valence-corrected chi connectivity index (χ0v) is 16.9. The second-order valence-corrected chi connectivity index (χ2v) is 9.36. The summed E-state index contributed by atoms with van der Waals surface area (Å²) in [6, 6.07) is 0.757. The molecule has 1 saturated carbocycles. The van der Waals surface area contributed by atoms with Gasteiger partial charge in [-0.3, -0.25) is 4.90 Å². The summed E-state index contributed by atoms with van der Waals surface area (Å²) in [7, 11) is 0. The van der Waals surface area contributed by atoms with Gasteiger partial charge in [0.1, 0.15) is 0 Å². The molecule has 0 spiro atoms. The molecule has 0 aromatic carbocycles. The van der Waals surface area contributed by atoms with Gasteiger partial charge in [-0.25, -0.2) is 0 Å². The van der Waals surface area contributed by atoms with E-state index in [1.807, 2.05) is 0 Å². The summed E-state index contributed by atoms with van der Waals surface area (Å²) in [6.07, 6.45) is 8.72. The van der Waals surface area contributed by atoms with Crippen molar-refractivity contribution in [2.24, 2.45) is 11.8 Å². The third-order valence-corrected chi connectivity index (χ3v) is 7.01. The van der Waals surface area contributed by atoms with E-state index in [9.17, 15) is 0 Å². The minimum Gasteiger partial charge on any atom is -0.339 e. The Balaban J connectivity index is 1.44. The van der Waals surface area contributed by atoms with Gasteiger partial charge in [0.15, 0.2) is 5.82 Å². The third-order valence-electron chi connectivity index (χ3n) is 7.01. The van der Waals surface area contributed by atoms with Crippen molar-refractivity contribution in [2.45, 2.75) is 77.2 Å². The Bertz CT molecular complexity index is 593. The van der Waals surface area contributed by atoms with Gasteiger partial charge in [-0.05, 0) is 63.6 Å². The second-order valence-electron chi connectivity index (χ2n) is 9.36. The van der Waals surface area contributed by atoms with E-state index in [1.165, 1.54) is 64.7 Å². The molecule has 5 heteroatoms. The lowest BCUT2D eigenvalue weighted by atomic mass is 9.80. The van der Waals surface area contributed by atoms with E-state index in [-0.39, 0.29) is 5.41 Å². The SMILES string of the molecule is CCCN1CCC(N2C[C@H]3CCC[C@@]3(c3noc(CC(C)C)n3)C2)CC1. The second kappa shape index (κ2) is 7.59. The Morgan fingerprint density at radius 2 is 2.04 bits per heavy atom. The molecule has 5 nitrogen and oxygen atoms in total. The van der Waals surface area contributed by atoms with Crippen molar-refractivity contribution in [3.63, 3.8) is 0 Å². The Hall–Kier alpha value is -0.940. The molecule has 2 saturated heterocycles. The van der Waals surface area contributed by atoms with Crippen LogP contribution in [0.1, 0.15) is 71.0 Å². The summed E-state index contributed by atoms with van der Waals surface area (Å²) in [5.74, 6) is 3.14. The predicted molar refractivity (Wildman–Crippen MR) is 103 cm³/mol. The first-order valence-electron chi connectivity index (χ1n) is 10.9. The zero-order chi connectivity index (χ0) is 18.1. The van der Waals surface area contributed by atoms with Gasteiger partial charge in [-0.15, -0.1) is 0 Å². The maximum absolute atomic E-state index is 5.63. The summed E-state index contributed by atoms with van der Waals surface area (Å²) >= 11 is 0. The molecule has 1 aromatic rings. The Kier molecular flexibility index (Phi) is 5.38. The fourth-order valence-electron chi connectivity index (χ4n) is 5.69. The summed E-state index contributed by atoms with van der Waals surface area (Å²) in [4.78, 5) is 10.3. The molecule has 0 unspecified atom stereocenters. The van der Waals surface area contributed by atoms with E-state index in [0.29, 0.717) is 5.92 Å². The lowest BCUT2D eigenvalue weighted by molar-refractivity contribution is 0.118. The van der Waals surface area contributed by atoms with Crippen LogP contribution in [0.25, 0.3) is 0 Å². The summed E-state index contributed by atoms with van der Waals surface area (Å²) < 4.78 is 5.63. The topological polar surface area (TPSA) is 45.4 Å². The van der Waals surface area contributed by atoms with Crippen LogP contribution >= 0.6 is 0 Å². The first kappa shape index (κ1) is 18.4. The molecule has 3 heterocycles. The lowest BCUT2D eigenvalue weighted by Gasteiger charge is -2.37. The molecule has 1 aliphatic carbocycles. The molecular weight excluding hydrogens is 324 g/mol. The van der Waals surface area contributed by atoms with Gasteiger partial charge in [-0.1, -0.05) is 32.3 Å². The highest BCUT2D eigenvalue weighted by molar-refractivity contribution is 5.19. The van der Waals surface area contributed by atoms with E-state index < -0.39 is 0 Å². The highest BCUT2D eigenvalue weighted by atomic mass is 16.5. The average molecular weight is 361 g/mol. The fourth-order valence-corrected chi connectivity index (χ4v) is 5.69. The maximum atomic E-state index is 5.63. The van der Waals surface area contributed by atoms with Crippen molar-refractivity contribution in [1.29, 1.82) is 0 Å². The van der Waals surface area contributed by atoms with Crippen molar-refractivity contribution in [2.75, 3.05) is 32.7 Å². The molecule has 0 N–H and O–H groups in total. The van der Waals surface area contributed by atoms with Crippen LogP contribution in [0.3, 0.4) is 0 Å². The molecule has 2 atom stereocenters. The van der Waals surface area contributed by atoms with Crippen LogP contribution in [0, 0.1) is 11.8 Å².